The van der Waals surface area contributed by atoms with Crippen molar-refractivity contribution in [1.82, 2.24) is 4.90 Å². The second kappa shape index (κ2) is 10.3. The first-order valence-corrected chi connectivity index (χ1v) is 13.6. The van der Waals surface area contributed by atoms with Gasteiger partial charge in [0.1, 0.15) is 11.8 Å². The number of nitrogens with zero attached hydrogens (tertiary/aromatic N) is 1. The molecule has 0 heterocycles. The van der Waals surface area contributed by atoms with Crippen LogP contribution in [0.3, 0.4) is 0 Å². The molecule has 31 heavy (non-hydrogen) atoms. The molecule has 2 aromatic carbocycles. The van der Waals surface area contributed by atoms with Crippen molar-refractivity contribution >= 4 is 36.7 Å². The van der Waals surface area contributed by atoms with Gasteiger partial charge in [0.15, 0.2) is 0 Å². The Kier molecular flexibility index (Phi) is 7.99. The third-order valence-corrected chi connectivity index (χ3v) is 6.92. The Morgan fingerprint density at radius 3 is 2.06 bits per heavy atom. The lowest BCUT2D eigenvalue weighted by Crippen LogP contribution is -2.42. The van der Waals surface area contributed by atoms with Crippen LogP contribution in [0.2, 0.25) is 19.6 Å². The molecule has 166 valence electrons. The van der Waals surface area contributed by atoms with Crippen LogP contribution in [0, 0.1) is 0 Å². The second-order valence-electron chi connectivity index (χ2n) is 8.13. The molecule has 0 fully saturated rings. The molecule has 1 N–H and O–H groups in total. The molecule has 7 nitrogen and oxygen atoms in total. The molecule has 8 heteroatoms. The van der Waals surface area contributed by atoms with E-state index in [1.165, 1.54) is 12.2 Å². The van der Waals surface area contributed by atoms with Crippen molar-refractivity contribution < 1.29 is 23.9 Å². The molecule has 0 aliphatic heterocycles. The van der Waals surface area contributed by atoms with Crippen LogP contribution in [0.5, 0.6) is 5.75 Å². The second-order valence-corrected chi connectivity index (χ2v) is 13.2. The molecule has 1 atom stereocenters. The number of anilines is 1. The maximum Gasteiger partial charge on any atom is 0.397 e. The number of benzene rings is 2. The number of amides is 2. The SMILES string of the molecule is CCOC(=O)C(=O)N(C)C(C(=O)Nc1ccc([Si](C)(C)C)cc1)c1ccc(OC)cc1. The normalized spacial score (nSPS) is 11.9. The number of carbonyl (C=O) groups excluding carboxylic acids is 3. The Labute approximate surface area is 184 Å². The van der Waals surface area contributed by atoms with E-state index in [0.717, 1.165) is 4.90 Å². The summed E-state index contributed by atoms with van der Waals surface area (Å²) in [5.74, 6) is -1.72. The number of nitrogens with one attached hydrogen (secondary N) is 1. The number of ether oxygens (including phenoxy) is 2. The Morgan fingerprint density at radius 1 is 1.00 bits per heavy atom. The molecule has 0 aliphatic rings. The van der Waals surface area contributed by atoms with Gasteiger partial charge in [-0.3, -0.25) is 9.59 Å². The van der Waals surface area contributed by atoms with E-state index in [9.17, 15) is 14.4 Å². The summed E-state index contributed by atoms with van der Waals surface area (Å²) in [6.07, 6.45) is 0. The highest BCUT2D eigenvalue weighted by molar-refractivity contribution is 6.88. The zero-order valence-electron chi connectivity index (χ0n) is 18.9. The van der Waals surface area contributed by atoms with Crippen LogP contribution in [0.4, 0.5) is 5.69 Å². The summed E-state index contributed by atoms with van der Waals surface area (Å²) in [5, 5.41) is 4.12. The number of hydrogen-bond acceptors (Lipinski definition) is 5. The van der Waals surface area contributed by atoms with Gasteiger partial charge >= 0.3 is 11.9 Å². The maximum absolute atomic E-state index is 13.2. The lowest BCUT2D eigenvalue weighted by atomic mass is 10.0. The van der Waals surface area contributed by atoms with Crippen LogP contribution < -0.4 is 15.2 Å². The van der Waals surface area contributed by atoms with Gasteiger partial charge in [0, 0.05) is 12.7 Å². The van der Waals surface area contributed by atoms with Gasteiger partial charge in [0.05, 0.1) is 21.8 Å². The molecule has 0 saturated heterocycles. The van der Waals surface area contributed by atoms with Crippen LogP contribution in [-0.4, -0.2) is 51.5 Å². The van der Waals surface area contributed by atoms with Crippen molar-refractivity contribution in [2.24, 2.45) is 0 Å². The van der Waals surface area contributed by atoms with E-state index in [-0.39, 0.29) is 6.61 Å². The number of hydrogen-bond donors (Lipinski definition) is 1. The molecule has 1 unspecified atom stereocenters. The zero-order chi connectivity index (χ0) is 23.2. The highest BCUT2D eigenvalue weighted by atomic mass is 28.3. The third-order valence-electron chi connectivity index (χ3n) is 4.86. The molecule has 0 aliphatic carbocycles. The first-order chi connectivity index (χ1) is 14.6. The zero-order valence-corrected chi connectivity index (χ0v) is 19.9. The molecule has 2 aromatic rings. The fourth-order valence-corrected chi connectivity index (χ4v) is 4.22. The van der Waals surface area contributed by atoms with E-state index < -0.39 is 31.9 Å². The summed E-state index contributed by atoms with van der Waals surface area (Å²) in [7, 11) is 1.48. The molecular formula is C23H30N2O5Si. The van der Waals surface area contributed by atoms with Gasteiger partial charge < -0.3 is 19.7 Å². The lowest BCUT2D eigenvalue weighted by Gasteiger charge is -2.27. The number of carbonyl (C=O) groups is 3. The average Bonchev–Trinajstić information content (AvgIpc) is 2.73. The van der Waals surface area contributed by atoms with E-state index >= 15 is 0 Å². The third kappa shape index (κ3) is 6.18. The minimum atomic E-state index is -1.46. The summed E-state index contributed by atoms with van der Waals surface area (Å²) < 4.78 is 9.98. The number of methoxy groups -OCH3 is 1. The minimum absolute atomic E-state index is 0.0707. The van der Waals surface area contributed by atoms with E-state index in [0.29, 0.717) is 17.0 Å². The molecule has 0 aromatic heterocycles. The number of likely N-dealkylation sites (N-methyl/N-ethyl adjacent to an activating group) is 1. The quantitative estimate of drug-likeness (QED) is 0.405. The molecular weight excluding hydrogens is 412 g/mol. The van der Waals surface area contributed by atoms with Gasteiger partial charge in [0.25, 0.3) is 5.91 Å². The smallest absolute Gasteiger partial charge is 0.397 e. The van der Waals surface area contributed by atoms with Crippen molar-refractivity contribution in [1.29, 1.82) is 0 Å². The highest BCUT2D eigenvalue weighted by Crippen LogP contribution is 2.24. The summed E-state index contributed by atoms with van der Waals surface area (Å²) in [6, 6.07) is 13.5. The van der Waals surface area contributed by atoms with Crippen molar-refractivity contribution in [3.05, 3.63) is 54.1 Å². The minimum Gasteiger partial charge on any atom is -0.497 e. The van der Waals surface area contributed by atoms with Gasteiger partial charge in [-0.25, -0.2) is 4.79 Å². The van der Waals surface area contributed by atoms with Crippen LogP contribution in [0.1, 0.15) is 18.5 Å². The Balaban J connectivity index is 2.33. The Bertz CT molecular complexity index is 920. The fourth-order valence-electron chi connectivity index (χ4n) is 3.06. The molecule has 0 spiro atoms. The van der Waals surface area contributed by atoms with Gasteiger partial charge in [0.2, 0.25) is 0 Å². The van der Waals surface area contributed by atoms with Crippen molar-refractivity contribution in [3.63, 3.8) is 0 Å². The number of rotatable bonds is 7. The van der Waals surface area contributed by atoms with Gasteiger partial charge in [-0.1, -0.05) is 49.1 Å². The predicted octanol–water partition coefficient (Wildman–Crippen LogP) is 2.94. The Hall–Kier alpha value is -3.13. The molecule has 2 rings (SSSR count). The topological polar surface area (TPSA) is 84.9 Å². The first kappa shape index (κ1) is 24.1. The van der Waals surface area contributed by atoms with Crippen molar-refractivity contribution in [2.45, 2.75) is 32.6 Å². The maximum atomic E-state index is 13.2. The van der Waals surface area contributed by atoms with E-state index in [1.54, 1.807) is 38.3 Å². The summed E-state index contributed by atoms with van der Waals surface area (Å²) in [6.45, 7) is 8.42. The standard InChI is InChI=1S/C23H30N2O5Si/c1-7-30-23(28)22(27)25(2)20(16-8-12-18(29-3)13-9-16)21(26)24-17-10-14-19(15-11-17)31(4,5)6/h8-15,20H,7H2,1-6H3,(H,24,26). The van der Waals surface area contributed by atoms with Crippen LogP contribution in [0.15, 0.2) is 48.5 Å². The first-order valence-electron chi connectivity index (χ1n) is 10.1. The molecule has 0 bridgehead atoms. The number of esters is 1. The summed E-state index contributed by atoms with van der Waals surface area (Å²) >= 11 is 0. The largest absolute Gasteiger partial charge is 0.497 e. The molecule has 2 amide bonds. The van der Waals surface area contributed by atoms with E-state index in [1.807, 2.05) is 24.3 Å². The molecule has 0 saturated carbocycles. The van der Waals surface area contributed by atoms with Gasteiger partial charge in [-0.15, -0.1) is 0 Å². The van der Waals surface area contributed by atoms with Crippen LogP contribution >= 0.6 is 0 Å². The lowest BCUT2D eigenvalue weighted by molar-refractivity contribution is -0.160. The summed E-state index contributed by atoms with van der Waals surface area (Å²) in [5.41, 5.74) is 1.15. The van der Waals surface area contributed by atoms with Crippen molar-refractivity contribution in [2.75, 3.05) is 26.1 Å². The van der Waals surface area contributed by atoms with Crippen LogP contribution in [-0.2, 0) is 19.1 Å². The van der Waals surface area contributed by atoms with E-state index in [4.69, 9.17) is 9.47 Å². The monoisotopic (exact) mass is 442 g/mol. The van der Waals surface area contributed by atoms with Gasteiger partial charge in [-0.05, 0) is 36.8 Å². The van der Waals surface area contributed by atoms with Gasteiger partial charge in [-0.2, -0.15) is 0 Å². The Morgan fingerprint density at radius 2 is 1.58 bits per heavy atom. The average molecular weight is 443 g/mol. The fraction of sp³-hybridized carbons (Fsp3) is 0.348. The van der Waals surface area contributed by atoms with Crippen molar-refractivity contribution in [3.8, 4) is 5.75 Å². The van der Waals surface area contributed by atoms with Crippen LogP contribution in [0.25, 0.3) is 0 Å². The highest BCUT2D eigenvalue weighted by Gasteiger charge is 2.33. The van der Waals surface area contributed by atoms with E-state index in [2.05, 4.69) is 25.0 Å². The predicted molar refractivity (Wildman–Crippen MR) is 123 cm³/mol. The summed E-state index contributed by atoms with van der Waals surface area (Å²) in [4.78, 5) is 38.8. The molecule has 0 radical (unpaired) electrons.